The average Bonchev–Trinajstić information content (AvgIpc) is 3.32. The van der Waals surface area contributed by atoms with Crippen molar-refractivity contribution in [1.29, 1.82) is 0 Å². The summed E-state index contributed by atoms with van der Waals surface area (Å²) in [7, 11) is 1.62. The summed E-state index contributed by atoms with van der Waals surface area (Å²) < 4.78 is 5.19. The largest absolute Gasteiger partial charge is 0.497 e. The maximum absolute atomic E-state index is 12.8. The second-order valence-corrected chi connectivity index (χ2v) is 10.7. The number of hydrogen-bond acceptors (Lipinski definition) is 6. The Hall–Kier alpha value is -3.04. The molecule has 0 aliphatic carbocycles. The Balaban J connectivity index is 1.36. The molecule has 1 unspecified atom stereocenters. The molecule has 1 aromatic heterocycles. The smallest absolute Gasteiger partial charge is 0.257 e. The number of carbonyl (C=O) groups excluding carboxylic acids is 2. The molecule has 4 rings (SSSR count). The van der Waals surface area contributed by atoms with Gasteiger partial charge in [0.1, 0.15) is 5.75 Å². The molecule has 2 amide bonds. The van der Waals surface area contributed by atoms with Gasteiger partial charge in [-0.3, -0.25) is 9.59 Å². The van der Waals surface area contributed by atoms with Crippen LogP contribution >= 0.6 is 46.3 Å². The van der Waals surface area contributed by atoms with Crippen LogP contribution in [0.25, 0.3) is 11.3 Å². The third kappa shape index (κ3) is 6.59. The first kappa shape index (κ1) is 26.0. The highest BCUT2D eigenvalue weighted by Crippen LogP contribution is 2.30. The lowest BCUT2D eigenvalue weighted by Gasteiger charge is -2.12. The SMILES string of the molecule is COc1ccc(-c2csc(NC(=O)C(C)Sc3cccc(NC(=O)c4ccc(Cl)cc4Cl)c3)n2)cc1. The second-order valence-electron chi connectivity index (χ2n) is 7.62. The molecule has 0 spiro atoms. The number of thioether (sulfide) groups is 1. The fraction of sp³-hybridized carbons (Fsp3) is 0.115. The number of nitrogens with zero attached hydrogens (tertiary/aromatic N) is 1. The lowest BCUT2D eigenvalue weighted by atomic mass is 10.2. The van der Waals surface area contributed by atoms with Crippen LogP contribution in [0.4, 0.5) is 10.8 Å². The van der Waals surface area contributed by atoms with Crippen LogP contribution in [0.1, 0.15) is 17.3 Å². The van der Waals surface area contributed by atoms with Crippen LogP contribution in [-0.2, 0) is 4.79 Å². The fourth-order valence-corrected chi connectivity index (χ4v) is 5.35. The van der Waals surface area contributed by atoms with Gasteiger partial charge in [-0.1, -0.05) is 29.3 Å². The van der Waals surface area contributed by atoms with Crippen LogP contribution in [0.3, 0.4) is 0 Å². The maximum Gasteiger partial charge on any atom is 0.257 e. The van der Waals surface area contributed by atoms with Gasteiger partial charge in [0.25, 0.3) is 5.91 Å². The molecule has 1 heterocycles. The first-order valence-corrected chi connectivity index (χ1v) is 13.3. The van der Waals surface area contributed by atoms with Crippen molar-refractivity contribution in [2.75, 3.05) is 17.7 Å². The number of nitrogens with one attached hydrogen (secondary N) is 2. The highest BCUT2D eigenvalue weighted by atomic mass is 35.5. The third-order valence-electron chi connectivity index (χ3n) is 5.07. The average molecular weight is 559 g/mol. The Kier molecular flexibility index (Phi) is 8.53. The molecular formula is C26H21Cl2N3O3S2. The van der Waals surface area contributed by atoms with E-state index in [-0.39, 0.29) is 16.8 Å². The molecule has 10 heteroatoms. The van der Waals surface area contributed by atoms with Gasteiger partial charge in [0.05, 0.1) is 28.6 Å². The molecule has 0 saturated carbocycles. The number of thiazole rings is 1. The van der Waals surface area contributed by atoms with Crippen molar-refractivity contribution in [2.24, 2.45) is 0 Å². The molecule has 0 aliphatic rings. The lowest BCUT2D eigenvalue weighted by molar-refractivity contribution is -0.115. The lowest BCUT2D eigenvalue weighted by Crippen LogP contribution is -2.22. The van der Waals surface area contributed by atoms with E-state index in [1.54, 1.807) is 31.4 Å². The number of rotatable bonds is 8. The number of methoxy groups -OCH3 is 1. The third-order valence-corrected chi connectivity index (χ3v) is 7.47. The first-order valence-electron chi connectivity index (χ1n) is 10.8. The van der Waals surface area contributed by atoms with Gasteiger partial charge in [0, 0.05) is 26.5 Å². The zero-order chi connectivity index (χ0) is 25.7. The number of aromatic nitrogens is 1. The Morgan fingerprint density at radius 1 is 1.03 bits per heavy atom. The van der Waals surface area contributed by atoms with Crippen molar-refractivity contribution in [3.05, 3.63) is 87.7 Å². The highest BCUT2D eigenvalue weighted by molar-refractivity contribution is 8.00. The molecule has 0 saturated heterocycles. The van der Waals surface area contributed by atoms with Gasteiger partial charge in [-0.15, -0.1) is 23.1 Å². The van der Waals surface area contributed by atoms with Gasteiger partial charge >= 0.3 is 0 Å². The highest BCUT2D eigenvalue weighted by Gasteiger charge is 2.17. The summed E-state index contributed by atoms with van der Waals surface area (Å²) in [6.07, 6.45) is 0. The topological polar surface area (TPSA) is 80.3 Å². The maximum atomic E-state index is 12.8. The van der Waals surface area contributed by atoms with E-state index in [4.69, 9.17) is 27.9 Å². The number of halogens is 2. The van der Waals surface area contributed by atoms with E-state index in [9.17, 15) is 9.59 Å². The Morgan fingerprint density at radius 3 is 2.53 bits per heavy atom. The normalized spacial score (nSPS) is 11.6. The molecule has 1 atom stereocenters. The minimum Gasteiger partial charge on any atom is -0.497 e. The molecular weight excluding hydrogens is 537 g/mol. The van der Waals surface area contributed by atoms with Gasteiger partial charge in [0.15, 0.2) is 5.13 Å². The molecule has 4 aromatic rings. The van der Waals surface area contributed by atoms with Crippen molar-refractivity contribution in [1.82, 2.24) is 4.98 Å². The van der Waals surface area contributed by atoms with E-state index in [2.05, 4.69) is 15.6 Å². The minimum absolute atomic E-state index is 0.169. The van der Waals surface area contributed by atoms with Crippen LogP contribution in [0.15, 0.2) is 77.0 Å². The fourth-order valence-electron chi connectivity index (χ4n) is 3.21. The zero-order valence-corrected chi connectivity index (χ0v) is 22.4. The van der Waals surface area contributed by atoms with Gasteiger partial charge in [-0.25, -0.2) is 4.98 Å². The predicted octanol–water partition coefficient (Wildman–Crippen LogP) is 7.50. The number of carbonyl (C=O) groups is 2. The van der Waals surface area contributed by atoms with Crippen LogP contribution in [0.2, 0.25) is 10.0 Å². The van der Waals surface area contributed by atoms with Gasteiger partial charge in [0.2, 0.25) is 5.91 Å². The van der Waals surface area contributed by atoms with Crippen molar-refractivity contribution >= 4 is 68.9 Å². The second kappa shape index (κ2) is 11.8. The van der Waals surface area contributed by atoms with Gasteiger partial charge in [-0.05, 0) is 67.6 Å². The summed E-state index contributed by atoms with van der Waals surface area (Å²) in [6, 6.07) is 19.6. The summed E-state index contributed by atoms with van der Waals surface area (Å²) in [5, 5.41) is 8.47. The number of ether oxygens (including phenoxy) is 1. The standard InChI is InChI=1S/C26H21Cl2N3O3S2/c1-15(24(32)31-26-30-23(14-35-26)16-6-9-19(34-2)10-7-16)36-20-5-3-4-18(13-20)29-25(33)21-11-8-17(27)12-22(21)28/h3-15H,1-2H3,(H,29,33)(H,30,31,32). The Bertz CT molecular complexity index is 1390. The van der Waals surface area contributed by atoms with E-state index < -0.39 is 5.25 Å². The summed E-state index contributed by atoms with van der Waals surface area (Å²) in [4.78, 5) is 30.7. The first-order chi connectivity index (χ1) is 17.3. The molecule has 0 bridgehead atoms. The molecule has 36 heavy (non-hydrogen) atoms. The van der Waals surface area contributed by atoms with E-state index >= 15 is 0 Å². The molecule has 2 N–H and O–H groups in total. The van der Waals surface area contributed by atoms with Crippen LogP contribution in [0.5, 0.6) is 5.75 Å². The van der Waals surface area contributed by atoms with E-state index in [1.165, 1.54) is 29.2 Å². The molecule has 0 fully saturated rings. The van der Waals surface area contributed by atoms with E-state index in [0.29, 0.717) is 21.4 Å². The van der Waals surface area contributed by atoms with Crippen molar-refractivity contribution < 1.29 is 14.3 Å². The quantitative estimate of drug-likeness (QED) is 0.219. The van der Waals surface area contributed by atoms with Crippen LogP contribution in [0, 0.1) is 0 Å². The number of benzene rings is 3. The molecule has 3 aromatic carbocycles. The number of anilines is 2. The van der Waals surface area contributed by atoms with E-state index in [0.717, 1.165) is 21.9 Å². The molecule has 0 aliphatic heterocycles. The summed E-state index contributed by atoms with van der Waals surface area (Å²) in [5.74, 6) is 0.254. The summed E-state index contributed by atoms with van der Waals surface area (Å²) >= 11 is 14.8. The van der Waals surface area contributed by atoms with Gasteiger partial charge < -0.3 is 15.4 Å². The predicted molar refractivity (Wildman–Crippen MR) is 149 cm³/mol. The number of amides is 2. The summed E-state index contributed by atoms with van der Waals surface area (Å²) in [6.45, 7) is 1.82. The molecule has 6 nitrogen and oxygen atoms in total. The van der Waals surface area contributed by atoms with E-state index in [1.807, 2.05) is 48.7 Å². The minimum atomic E-state index is -0.394. The molecule has 184 valence electrons. The summed E-state index contributed by atoms with van der Waals surface area (Å²) in [5.41, 5.74) is 2.63. The zero-order valence-electron chi connectivity index (χ0n) is 19.2. The van der Waals surface area contributed by atoms with Crippen molar-refractivity contribution in [3.63, 3.8) is 0 Å². The van der Waals surface area contributed by atoms with Crippen LogP contribution in [-0.4, -0.2) is 29.2 Å². The monoisotopic (exact) mass is 557 g/mol. The van der Waals surface area contributed by atoms with Gasteiger partial charge in [-0.2, -0.15) is 0 Å². The van der Waals surface area contributed by atoms with Crippen molar-refractivity contribution in [2.45, 2.75) is 17.1 Å². The van der Waals surface area contributed by atoms with Crippen molar-refractivity contribution in [3.8, 4) is 17.0 Å². The molecule has 0 radical (unpaired) electrons. The number of hydrogen-bond donors (Lipinski definition) is 2. The van der Waals surface area contributed by atoms with Crippen LogP contribution < -0.4 is 15.4 Å². The Morgan fingerprint density at radius 2 is 1.81 bits per heavy atom. The Labute approximate surface area is 227 Å².